The molecule has 4 rings (SSSR count). The summed E-state index contributed by atoms with van der Waals surface area (Å²) in [5.74, 6) is -0.183. The van der Waals surface area contributed by atoms with E-state index >= 15 is 0 Å². The molecule has 0 saturated carbocycles. The molecule has 44 heavy (non-hydrogen) atoms. The summed E-state index contributed by atoms with van der Waals surface area (Å²) in [6.45, 7) is 9.36. The van der Waals surface area contributed by atoms with Gasteiger partial charge in [0.1, 0.15) is 6.54 Å². The van der Waals surface area contributed by atoms with Gasteiger partial charge in [-0.2, -0.15) is 13.2 Å². The van der Waals surface area contributed by atoms with Crippen LogP contribution in [0.25, 0.3) is 11.1 Å². The molecule has 0 heterocycles. The van der Waals surface area contributed by atoms with E-state index in [2.05, 4.69) is 38.0 Å². The maximum absolute atomic E-state index is 12.8. The zero-order valence-electron chi connectivity index (χ0n) is 25.8. The number of alkyl halides is 3. The standard InChI is InChI=1S/C22H24F3N.C14H19Cl2NO/c1-3-4-9-14-21(16(2)26-15-22(23,24)25)19-12-7-5-10-17(19)18-11-6-8-13-20(18)21;1-3-6-10(7-4-2)17-14(18)13-11(15)8-5-9-12(13)16/h5-8,10-13,26H,2-4,9,14-15H2,1H3;5,8-10H,3-4,6-7H2,1-2H3,(H,17,18). The Morgan fingerprint density at radius 3 is 1.82 bits per heavy atom. The fourth-order valence-electron chi connectivity index (χ4n) is 6.03. The van der Waals surface area contributed by atoms with Gasteiger partial charge in [-0.15, -0.1) is 0 Å². The Morgan fingerprint density at radius 1 is 0.818 bits per heavy atom. The van der Waals surface area contributed by atoms with Gasteiger partial charge in [0.25, 0.3) is 5.91 Å². The number of allylic oxidation sites excluding steroid dienone is 1. The zero-order chi connectivity index (χ0) is 32.3. The first-order valence-electron chi connectivity index (χ1n) is 15.4. The molecule has 0 spiro atoms. The van der Waals surface area contributed by atoms with Crippen LogP contribution in [-0.2, 0) is 5.41 Å². The molecule has 0 atom stereocenters. The highest BCUT2D eigenvalue weighted by atomic mass is 35.5. The fourth-order valence-corrected chi connectivity index (χ4v) is 6.60. The van der Waals surface area contributed by atoms with Gasteiger partial charge in [0.15, 0.2) is 0 Å². The lowest BCUT2D eigenvalue weighted by atomic mass is 9.72. The normalized spacial score (nSPS) is 13.0. The second kappa shape index (κ2) is 16.4. The van der Waals surface area contributed by atoms with E-state index in [1.165, 1.54) is 0 Å². The molecule has 3 nitrogen and oxygen atoms in total. The Bertz CT molecular complexity index is 1330. The summed E-state index contributed by atoms with van der Waals surface area (Å²) < 4.78 is 38.5. The first-order chi connectivity index (χ1) is 21.0. The Labute approximate surface area is 270 Å². The molecular weight excluding hydrogens is 604 g/mol. The highest BCUT2D eigenvalue weighted by Crippen LogP contribution is 2.54. The summed E-state index contributed by atoms with van der Waals surface area (Å²) in [5, 5.41) is 6.39. The fraction of sp³-hybridized carbons (Fsp3) is 0.417. The van der Waals surface area contributed by atoms with Crippen molar-refractivity contribution in [2.75, 3.05) is 6.54 Å². The average molecular weight is 648 g/mol. The van der Waals surface area contributed by atoms with Crippen molar-refractivity contribution >= 4 is 29.1 Å². The highest BCUT2D eigenvalue weighted by molar-refractivity contribution is 6.39. The van der Waals surface area contributed by atoms with E-state index in [0.29, 0.717) is 21.3 Å². The first kappa shape index (κ1) is 35.5. The van der Waals surface area contributed by atoms with Gasteiger partial charge in [0, 0.05) is 11.7 Å². The van der Waals surface area contributed by atoms with Gasteiger partial charge in [-0.05, 0) is 53.6 Å². The van der Waals surface area contributed by atoms with Gasteiger partial charge in [-0.1, -0.05) is 137 Å². The number of halogens is 5. The number of carbonyl (C=O) groups excluding carboxylic acids is 1. The van der Waals surface area contributed by atoms with Gasteiger partial charge < -0.3 is 10.6 Å². The lowest BCUT2D eigenvalue weighted by Gasteiger charge is -2.35. The van der Waals surface area contributed by atoms with Crippen LogP contribution in [0, 0.1) is 0 Å². The Morgan fingerprint density at radius 2 is 1.34 bits per heavy atom. The number of fused-ring (bicyclic) bond motifs is 3. The van der Waals surface area contributed by atoms with Crippen molar-refractivity contribution in [3.8, 4) is 11.1 Å². The van der Waals surface area contributed by atoms with Crippen LogP contribution in [-0.4, -0.2) is 24.7 Å². The number of carbonyl (C=O) groups is 1. The van der Waals surface area contributed by atoms with Crippen molar-refractivity contribution in [3.05, 3.63) is 106 Å². The third-order valence-electron chi connectivity index (χ3n) is 8.04. The molecule has 0 unspecified atom stereocenters. The minimum atomic E-state index is -4.27. The van der Waals surface area contributed by atoms with Crippen molar-refractivity contribution in [2.24, 2.45) is 0 Å². The molecule has 1 amide bonds. The zero-order valence-corrected chi connectivity index (χ0v) is 27.3. The summed E-state index contributed by atoms with van der Waals surface area (Å²) in [7, 11) is 0. The summed E-state index contributed by atoms with van der Waals surface area (Å²) in [6.07, 6.45) is 3.54. The SMILES string of the molecule is C=C(NCC(F)(F)F)C1(CCCCC)c2ccccc2-c2ccccc21.CCCC(CCC)NC(=O)c1c(Cl)cccc1Cl. The maximum atomic E-state index is 12.8. The largest absolute Gasteiger partial charge is 0.405 e. The maximum Gasteiger partial charge on any atom is 0.405 e. The molecule has 0 aromatic heterocycles. The highest BCUT2D eigenvalue weighted by Gasteiger charge is 2.45. The van der Waals surface area contributed by atoms with Crippen LogP contribution in [0.3, 0.4) is 0 Å². The quantitative estimate of drug-likeness (QED) is 0.181. The topological polar surface area (TPSA) is 41.1 Å². The van der Waals surface area contributed by atoms with Crippen molar-refractivity contribution in [1.29, 1.82) is 0 Å². The van der Waals surface area contributed by atoms with Crippen molar-refractivity contribution in [1.82, 2.24) is 10.6 Å². The molecule has 3 aromatic carbocycles. The number of hydrogen-bond acceptors (Lipinski definition) is 2. The molecule has 1 aliphatic rings. The summed E-state index contributed by atoms with van der Waals surface area (Å²) >= 11 is 12.0. The number of nitrogens with one attached hydrogen (secondary N) is 2. The van der Waals surface area contributed by atoms with Crippen molar-refractivity contribution < 1.29 is 18.0 Å². The monoisotopic (exact) mass is 646 g/mol. The summed E-state index contributed by atoms with van der Waals surface area (Å²) in [5.41, 5.74) is 4.48. The summed E-state index contributed by atoms with van der Waals surface area (Å²) in [4.78, 5) is 12.2. The second-order valence-electron chi connectivity index (χ2n) is 11.2. The first-order valence-corrected chi connectivity index (χ1v) is 16.2. The average Bonchev–Trinajstić information content (AvgIpc) is 3.27. The van der Waals surface area contributed by atoms with E-state index in [1.54, 1.807) is 18.2 Å². The van der Waals surface area contributed by atoms with Crippen LogP contribution in [0.5, 0.6) is 0 Å². The van der Waals surface area contributed by atoms with Gasteiger partial charge in [-0.25, -0.2) is 0 Å². The lowest BCUT2D eigenvalue weighted by Crippen LogP contribution is -2.39. The van der Waals surface area contributed by atoms with E-state index in [0.717, 1.165) is 73.6 Å². The summed E-state index contributed by atoms with van der Waals surface area (Å²) in [6, 6.07) is 21.3. The second-order valence-corrected chi connectivity index (χ2v) is 12.1. The predicted molar refractivity (Wildman–Crippen MR) is 178 cm³/mol. The van der Waals surface area contributed by atoms with E-state index in [9.17, 15) is 18.0 Å². The molecule has 0 saturated heterocycles. The van der Waals surface area contributed by atoms with Crippen LogP contribution < -0.4 is 10.6 Å². The van der Waals surface area contributed by atoms with E-state index in [-0.39, 0.29) is 11.9 Å². The molecule has 0 aliphatic heterocycles. The van der Waals surface area contributed by atoms with Crippen LogP contribution in [0.4, 0.5) is 13.2 Å². The van der Waals surface area contributed by atoms with Crippen molar-refractivity contribution in [2.45, 2.75) is 89.8 Å². The van der Waals surface area contributed by atoms with E-state index in [1.807, 2.05) is 48.5 Å². The van der Waals surface area contributed by atoms with Gasteiger partial charge in [0.05, 0.1) is 21.0 Å². The third-order valence-corrected chi connectivity index (χ3v) is 8.67. The minimum absolute atomic E-state index is 0.183. The number of amides is 1. The van der Waals surface area contributed by atoms with Gasteiger partial charge in [-0.3, -0.25) is 4.79 Å². The smallest absolute Gasteiger partial charge is 0.379 e. The Kier molecular flexibility index (Phi) is 13.2. The molecule has 238 valence electrons. The van der Waals surface area contributed by atoms with Crippen LogP contribution in [0.15, 0.2) is 79.0 Å². The van der Waals surface area contributed by atoms with Crippen LogP contribution in [0.2, 0.25) is 10.0 Å². The Balaban J connectivity index is 0.000000259. The van der Waals surface area contributed by atoms with E-state index < -0.39 is 18.1 Å². The molecule has 3 aromatic rings. The van der Waals surface area contributed by atoms with Crippen LogP contribution >= 0.6 is 23.2 Å². The van der Waals surface area contributed by atoms with E-state index in [4.69, 9.17) is 23.2 Å². The van der Waals surface area contributed by atoms with Crippen molar-refractivity contribution in [3.63, 3.8) is 0 Å². The molecule has 1 aliphatic carbocycles. The lowest BCUT2D eigenvalue weighted by molar-refractivity contribution is -0.123. The predicted octanol–water partition coefficient (Wildman–Crippen LogP) is 10.9. The van der Waals surface area contributed by atoms with Gasteiger partial charge in [0.2, 0.25) is 0 Å². The molecule has 0 bridgehead atoms. The molecule has 8 heteroatoms. The Hall–Kier alpha value is -2.96. The number of rotatable bonds is 13. The van der Waals surface area contributed by atoms with Gasteiger partial charge >= 0.3 is 6.18 Å². The van der Waals surface area contributed by atoms with Crippen LogP contribution in [0.1, 0.15) is 93.6 Å². The number of unbranched alkanes of at least 4 members (excludes halogenated alkanes) is 2. The molecule has 2 N–H and O–H groups in total. The minimum Gasteiger partial charge on any atom is -0.379 e. The number of hydrogen-bond donors (Lipinski definition) is 2. The number of benzene rings is 3. The third kappa shape index (κ3) is 8.60. The molecule has 0 fully saturated rings. The molecular formula is C36H43Cl2F3N2O. The molecule has 0 radical (unpaired) electrons.